The second-order valence-corrected chi connectivity index (χ2v) is 4.40. The number of nitrogens with one attached hydrogen (secondary N) is 1. The van der Waals surface area contributed by atoms with Crippen molar-refractivity contribution in [2.45, 2.75) is 39.3 Å². The fraction of sp³-hybridized carbons (Fsp3) is 0.500. The zero-order valence-electron chi connectivity index (χ0n) is 11.1. The summed E-state index contributed by atoms with van der Waals surface area (Å²) in [6.45, 7) is 8.60. The van der Waals surface area contributed by atoms with Gasteiger partial charge < -0.3 is 10.1 Å². The molecular weight excluding hydrogens is 231 g/mol. The van der Waals surface area contributed by atoms with Crippen molar-refractivity contribution in [3.05, 3.63) is 36.3 Å². The van der Waals surface area contributed by atoms with Crippen molar-refractivity contribution < 1.29 is 9.13 Å². The van der Waals surface area contributed by atoms with Crippen molar-refractivity contribution >= 4 is 0 Å². The van der Waals surface area contributed by atoms with E-state index < -0.39 is 0 Å². The third-order valence-electron chi connectivity index (χ3n) is 2.43. The fourth-order valence-electron chi connectivity index (χ4n) is 1.41. The number of hydrogen-bond acceptors (Lipinski definition) is 3. The summed E-state index contributed by atoms with van der Waals surface area (Å²) >= 11 is 0. The van der Waals surface area contributed by atoms with Crippen molar-refractivity contribution in [3.63, 3.8) is 0 Å². The van der Waals surface area contributed by atoms with Gasteiger partial charge in [0.2, 0.25) is 0 Å². The van der Waals surface area contributed by atoms with Gasteiger partial charge in [0.25, 0.3) is 5.88 Å². The molecule has 1 rings (SSSR count). The van der Waals surface area contributed by atoms with E-state index in [2.05, 4.69) is 16.9 Å². The van der Waals surface area contributed by atoms with Gasteiger partial charge in [-0.05, 0) is 18.9 Å². The smallest absolute Gasteiger partial charge is 0.250 e. The molecule has 100 valence electrons. The molecule has 0 unspecified atom stereocenters. The quantitative estimate of drug-likeness (QED) is 0.570. The molecule has 0 radical (unpaired) electrons. The summed E-state index contributed by atoms with van der Waals surface area (Å²) in [5, 5.41) is 3.17. The van der Waals surface area contributed by atoms with Crippen LogP contribution in [0.1, 0.15) is 32.3 Å². The van der Waals surface area contributed by atoms with Gasteiger partial charge >= 0.3 is 0 Å². The molecule has 0 aromatic carbocycles. The first-order valence-corrected chi connectivity index (χ1v) is 6.25. The second-order valence-electron chi connectivity index (χ2n) is 4.40. The first-order valence-electron chi connectivity index (χ1n) is 6.25. The average Bonchev–Trinajstić information content (AvgIpc) is 2.35. The minimum Gasteiger partial charge on any atom is -0.476 e. The van der Waals surface area contributed by atoms with Crippen molar-refractivity contribution in [2.75, 3.05) is 6.61 Å². The highest BCUT2D eigenvalue weighted by atomic mass is 19.1. The molecule has 0 aliphatic carbocycles. The molecule has 3 nitrogen and oxygen atoms in total. The maximum atomic E-state index is 14.0. The Morgan fingerprint density at radius 1 is 1.56 bits per heavy atom. The molecule has 0 saturated carbocycles. The van der Waals surface area contributed by atoms with Crippen molar-refractivity contribution in [3.8, 4) is 5.88 Å². The highest BCUT2D eigenvalue weighted by molar-refractivity contribution is 5.23. The topological polar surface area (TPSA) is 34.1 Å². The van der Waals surface area contributed by atoms with Crippen LogP contribution < -0.4 is 10.1 Å². The summed E-state index contributed by atoms with van der Waals surface area (Å²) in [7, 11) is 0. The summed E-state index contributed by atoms with van der Waals surface area (Å²) in [5.41, 5.74) is 0.581. The number of ether oxygens (including phenoxy) is 1. The van der Waals surface area contributed by atoms with E-state index in [1.54, 1.807) is 12.3 Å². The van der Waals surface area contributed by atoms with Crippen LogP contribution in [0.25, 0.3) is 0 Å². The molecule has 18 heavy (non-hydrogen) atoms. The number of allylic oxidation sites excluding steroid dienone is 1. The minimum absolute atomic E-state index is 0.0853. The molecule has 0 spiro atoms. The third kappa shape index (κ3) is 4.84. The zero-order valence-corrected chi connectivity index (χ0v) is 11.1. The summed E-state index contributed by atoms with van der Waals surface area (Å²) in [6.07, 6.45) is 5.06. The lowest BCUT2D eigenvalue weighted by molar-refractivity contribution is 0.282. The molecular formula is C14H21FN2O. The average molecular weight is 252 g/mol. The van der Waals surface area contributed by atoms with E-state index in [0.717, 1.165) is 12.8 Å². The number of unbranched alkanes of at least 4 members (excludes halogenated alkanes) is 1. The number of hydrogen-bond donors (Lipinski definition) is 1. The highest BCUT2D eigenvalue weighted by Crippen LogP contribution is 2.17. The van der Waals surface area contributed by atoms with Crippen molar-refractivity contribution in [2.24, 2.45) is 0 Å². The minimum atomic E-state index is -0.371. The van der Waals surface area contributed by atoms with Crippen LogP contribution in [0.3, 0.4) is 0 Å². The van der Waals surface area contributed by atoms with Gasteiger partial charge in [-0.25, -0.2) is 9.37 Å². The van der Waals surface area contributed by atoms with Crippen LogP contribution in [0, 0.1) is 5.82 Å². The number of rotatable bonds is 8. The van der Waals surface area contributed by atoms with E-state index in [1.807, 2.05) is 19.9 Å². The second kappa shape index (κ2) is 7.82. The molecule has 0 amide bonds. The van der Waals surface area contributed by atoms with Crippen LogP contribution in [0.2, 0.25) is 0 Å². The van der Waals surface area contributed by atoms with Gasteiger partial charge in [0.15, 0.2) is 5.82 Å². The molecule has 0 aliphatic rings. The molecule has 0 saturated heterocycles. The highest BCUT2D eigenvalue weighted by Gasteiger charge is 2.10. The maximum Gasteiger partial charge on any atom is 0.250 e. The van der Waals surface area contributed by atoms with E-state index >= 15 is 0 Å². The molecule has 0 bridgehead atoms. The Kier molecular flexibility index (Phi) is 6.36. The van der Waals surface area contributed by atoms with E-state index in [4.69, 9.17) is 4.74 Å². The van der Waals surface area contributed by atoms with Crippen molar-refractivity contribution in [1.29, 1.82) is 0 Å². The summed E-state index contributed by atoms with van der Waals surface area (Å²) in [6, 6.07) is 1.98. The Hall–Kier alpha value is -1.42. The standard InChI is InChI=1S/C14H21FN2O/c1-4-5-6-9-18-14-13(15)12(7-8-16-14)10-17-11(2)3/h4,7-8,11,17H,1,5-6,9-10H2,2-3H3. The van der Waals surface area contributed by atoms with E-state index in [0.29, 0.717) is 24.8 Å². The number of halogens is 1. The first kappa shape index (κ1) is 14.6. The SMILES string of the molecule is C=CCCCOc1nccc(CNC(C)C)c1F. The van der Waals surface area contributed by atoms with Gasteiger partial charge in [-0.1, -0.05) is 19.9 Å². The molecule has 0 aliphatic heterocycles. The number of pyridine rings is 1. The Morgan fingerprint density at radius 3 is 3.00 bits per heavy atom. The summed E-state index contributed by atoms with van der Waals surface area (Å²) < 4.78 is 19.3. The van der Waals surface area contributed by atoms with Crippen LogP contribution in [-0.4, -0.2) is 17.6 Å². The van der Waals surface area contributed by atoms with Crippen LogP contribution in [0.4, 0.5) is 4.39 Å². The van der Waals surface area contributed by atoms with Crippen LogP contribution in [-0.2, 0) is 6.54 Å². The Labute approximate surface area is 108 Å². The Bertz CT molecular complexity index is 380. The van der Waals surface area contributed by atoms with Crippen LogP contribution >= 0.6 is 0 Å². The maximum absolute atomic E-state index is 14.0. The molecule has 4 heteroatoms. The predicted molar refractivity (Wildman–Crippen MR) is 71.1 cm³/mol. The van der Waals surface area contributed by atoms with Gasteiger partial charge in [0.1, 0.15) is 0 Å². The first-order chi connectivity index (χ1) is 8.65. The van der Waals surface area contributed by atoms with Crippen molar-refractivity contribution in [1.82, 2.24) is 10.3 Å². The van der Waals surface area contributed by atoms with Crippen LogP contribution in [0.15, 0.2) is 24.9 Å². The predicted octanol–water partition coefficient (Wildman–Crippen LogP) is 3.06. The fourth-order valence-corrected chi connectivity index (χ4v) is 1.41. The Morgan fingerprint density at radius 2 is 2.33 bits per heavy atom. The molecule has 1 aromatic heterocycles. The Balaban J connectivity index is 2.57. The molecule has 0 atom stereocenters. The van der Waals surface area contributed by atoms with Gasteiger partial charge in [0.05, 0.1) is 6.61 Å². The third-order valence-corrected chi connectivity index (χ3v) is 2.43. The molecule has 0 fully saturated rings. The normalized spacial score (nSPS) is 10.7. The molecule has 1 aromatic rings. The monoisotopic (exact) mass is 252 g/mol. The van der Waals surface area contributed by atoms with E-state index in [1.165, 1.54) is 0 Å². The van der Waals surface area contributed by atoms with Gasteiger partial charge in [-0.3, -0.25) is 0 Å². The lowest BCUT2D eigenvalue weighted by Gasteiger charge is -2.11. The van der Waals surface area contributed by atoms with Gasteiger partial charge in [-0.15, -0.1) is 6.58 Å². The lowest BCUT2D eigenvalue weighted by Crippen LogP contribution is -2.22. The van der Waals surface area contributed by atoms with Gasteiger partial charge in [0, 0.05) is 24.3 Å². The molecule has 1 N–H and O–H groups in total. The summed E-state index contributed by atoms with van der Waals surface area (Å²) in [4.78, 5) is 3.91. The number of aromatic nitrogens is 1. The number of nitrogens with zero attached hydrogens (tertiary/aromatic N) is 1. The van der Waals surface area contributed by atoms with E-state index in [-0.39, 0.29) is 11.7 Å². The molecule has 1 heterocycles. The van der Waals surface area contributed by atoms with Gasteiger partial charge in [-0.2, -0.15) is 0 Å². The summed E-state index contributed by atoms with van der Waals surface area (Å²) in [5.74, 6) is -0.286. The largest absolute Gasteiger partial charge is 0.476 e. The van der Waals surface area contributed by atoms with E-state index in [9.17, 15) is 4.39 Å². The van der Waals surface area contributed by atoms with Crippen LogP contribution in [0.5, 0.6) is 5.88 Å². The lowest BCUT2D eigenvalue weighted by atomic mass is 10.2. The zero-order chi connectivity index (χ0) is 13.4.